The number of para-hydroxylation sites is 1. The molecule has 1 saturated carbocycles. The molecule has 2 aromatic rings. The number of amides is 2. The molecule has 1 aromatic heterocycles. The molecule has 0 spiro atoms. The van der Waals surface area contributed by atoms with Gasteiger partial charge in [0.2, 0.25) is 0 Å². The van der Waals surface area contributed by atoms with Gasteiger partial charge in [0.1, 0.15) is 17.5 Å². The summed E-state index contributed by atoms with van der Waals surface area (Å²) in [6, 6.07) is 9.45. The highest BCUT2D eigenvalue weighted by Gasteiger charge is 2.36. The normalized spacial score (nSPS) is 22.1. The molecule has 1 aliphatic heterocycles. The molecule has 0 unspecified atom stereocenters. The Morgan fingerprint density at radius 3 is 2.53 bits per heavy atom. The Labute approximate surface area is 215 Å². The van der Waals surface area contributed by atoms with Gasteiger partial charge in [-0.3, -0.25) is 14.3 Å². The van der Waals surface area contributed by atoms with Crippen molar-refractivity contribution in [3.63, 3.8) is 0 Å². The van der Waals surface area contributed by atoms with Crippen LogP contribution in [0.4, 0.5) is 0 Å². The summed E-state index contributed by atoms with van der Waals surface area (Å²) in [5.74, 6) is 0.718. The first-order chi connectivity index (χ1) is 17.6. The van der Waals surface area contributed by atoms with Crippen molar-refractivity contribution in [3.8, 4) is 5.75 Å². The van der Waals surface area contributed by atoms with Gasteiger partial charge in [-0.25, -0.2) is 0 Å². The van der Waals surface area contributed by atoms with E-state index < -0.39 is 0 Å². The molecular formula is C29H42N4O3. The van der Waals surface area contributed by atoms with Crippen LogP contribution in [-0.2, 0) is 6.54 Å². The second-order valence-electron chi connectivity index (χ2n) is 10.1. The number of aryl methyl sites for hydroxylation is 1. The summed E-state index contributed by atoms with van der Waals surface area (Å²) in [5, 5.41) is 4.41. The van der Waals surface area contributed by atoms with Crippen LogP contribution in [0.15, 0.2) is 36.5 Å². The molecule has 2 aliphatic rings. The summed E-state index contributed by atoms with van der Waals surface area (Å²) in [4.78, 5) is 31.4. The zero-order valence-corrected chi connectivity index (χ0v) is 22.0. The number of carbonyl (C=O) groups excluding carboxylic acids is 2. The molecule has 2 heterocycles. The van der Waals surface area contributed by atoms with Gasteiger partial charge in [-0.05, 0) is 63.6 Å². The average molecular weight is 495 g/mol. The van der Waals surface area contributed by atoms with Crippen molar-refractivity contribution in [1.82, 2.24) is 19.6 Å². The highest BCUT2D eigenvalue weighted by molar-refractivity contribution is 5.97. The van der Waals surface area contributed by atoms with Crippen LogP contribution in [0.1, 0.15) is 98.9 Å². The molecule has 0 N–H and O–H groups in total. The van der Waals surface area contributed by atoms with Crippen molar-refractivity contribution >= 4 is 11.8 Å². The fourth-order valence-electron chi connectivity index (χ4n) is 5.64. The Bertz CT molecular complexity index is 1000. The average Bonchev–Trinajstić information content (AvgIpc) is 3.36. The largest absolute Gasteiger partial charge is 0.487 e. The number of hydrogen-bond donors (Lipinski definition) is 0. The second-order valence-corrected chi connectivity index (χ2v) is 10.1. The molecule has 4 rings (SSSR count). The summed E-state index contributed by atoms with van der Waals surface area (Å²) in [5.41, 5.74) is 1.28. The maximum atomic E-state index is 13.9. The fourth-order valence-corrected chi connectivity index (χ4v) is 5.64. The van der Waals surface area contributed by atoms with Crippen molar-refractivity contribution in [2.24, 2.45) is 0 Å². The van der Waals surface area contributed by atoms with Crippen LogP contribution in [0.5, 0.6) is 5.75 Å². The van der Waals surface area contributed by atoms with Crippen LogP contribution in [-0.4, -0.2) is 63.2 Å². The minimum absolute atomic E-state index is 0.0215. The summed E-state index contributed by atoms with van der Waals surface area (Å²) in [6.45, 7) is 7.05. The van der Waals surface area contributed by atoms with Crippen LogP contribution in [0, 0.1) is 0 Å². The van der Waals surface area contributed by atoms with Gasteiger partial charge >= 0.3 is 0 Å². The Morgan fingerprint density at radius 2 is 1.72 bits per heavy atom. The molecule has 0 saturated heterocycles. The monoisotopic (exact) mass is 494 g/mol. The Morgan fingerprint density at radius 1 is 0.972 bits per heavy atom. The molecule has 0 bridgehead atoms. The number of carbonyl (C=O) groups is 2. The summed E-state index contributed by atoms with van der Waals surface area (Å²) in [7, 11) is 0. The van der Waals surface area contributed by atoms with Crippen LogP contribution in [0.2, 0.25) is 0 Å². The van der Waals surface area contributed by atoms with Crippen molar-refractivity contribution < 1.29 is 14.3 Å². The molecule has 0 radical (unpaired) electrons. The quantitative estimate of drug-likeness (QED) is 0.559. The number of benzene rings is 1. The molecule has 7 heteroatoms. The lowest BCUT2D eigenvalue weighted by molar-refractivity contribution is 0.0261. The van der Waals surface area contributed by atoms with E-state index in [-0.39, 0.29) is 24.0 Å². The molecule has 196 valence electrons. The molecule has 36 heavy (non-hydrogen) atoms. The van der Waals surface area contributed by atoms with E-state index in [1.54, 1.807) is 6.20 Å². The fraction of sp³-hybridized carbons (Fsp3) is 0.621. The third-order valence-electron chi connectivity index (χ3n) is 7.59. The summed E-state index contributed by atoms with van der Waals surface area (Å²) >= 11 is 0. The van der Waals surface area contributed by atoms with Crippen LogP contribution in [0.25, 0.3) is 0 Å². The third-order valence-corrected chi connectivity index (χ3v) is 7.59. The van der Waals surface area contributed by atoms with Crippen LogP contribution in [0.3, 0.4) is 0 Å². The zero-order valence-electron chi connectivity index (χ0n) is 22.0. The maximum Gasteiger partial charge on any atom is 0.272 e. The second kappa shape index (κ2) is 12.9. The van der Waals surface area contributed by atoms with E-state index >= 15 is 0 Å². The van der Waals surface area contributed by atoms with Gasteiger partial charge in [-0.2, -0.15) is 5.10 Å². The predicted molar refractivity (Wildman–Crippen MR) is 141 cm³/mol. The Kier molecular flexibility index (Phi) is 9.42. The molecule has 1 aromatic carbocycles. The number of hydrogen-bond acceptors (Lipinski definition) is 4. The van der Waals surface area contributed by atoms with E-state index in [4.69, 9.17) is 4.74 Å². The number of ether oxygens (including phenoxy) is 1. The molecule has 1 fully saturated rings. The van der Waals surface area contributed by atoms with Crippen molar-refractivity contribution in [2.45, 2.75) is 96.7 Å². The molecule has 2 atom stereocenters. The topological polar surface area (TPSA) is 67.7 Å². The predicted octanol–water partition coefficient (Wildman–Crippen LogP) is 5.55. The van der Waals surface area contributed by atoms with Gasteiger partial charge < -0.3 is 14.5 Å². The molecule has 2 amide bonds. The zero-order chi connectivity index (χ0) is 25.3. The number of nitrogens with zero attached hydrogens (tertiary/aromatic N) is 4. The van der Waals surface area contributed by atoms with Gasteiger partial charge in [0, 0.05) is 32.4 Å². The summed E-state index contributed by atoms with van der Waals surface area (Å²) in [6.07, 6.45) is 11.7. The Hall–Kier alpha value is -2.83. The SMILES string of the molecule is CCCn1nccc1C(=O)N1CCCCCCCN(CC)C(=O)c2ccccc2O[C@H]2CCCC[C@H]21. The van der Waals surface area contributed by atoms with E-state index in [2.05, 4.69) is 16.9 Å². The van der Waals surface area contributed by atoms with E-state index in [0.717, 1.165) is 83.8 Å². The smallest absolute Gasteiger partial charge is 0.272 e. The lowest BCUT2D eigenvalue weighted by atomic mass is 9.90. The van der Waals surface area contributed by atoms with Crippen molar-refractivity contribution in [3.05, 3.63) is 47.8 Å². The standard InChI is InChI=1S/C29H42N4O3/c1-3-20-33-25(18-19-30-33)29(35)32-22-13-7-5-6-12-21-31(4-2)28(34)23-14-8-10-16-26(23)36-27-17-11-9-15-24(27)32/h8,10,14,16,18-19,24,27H,3-7,9,11-13,15,17,20-22H2,1-2H3/t24-,27+/m1/s1. The van der Waals surface area contributed by atoms with E-state index in [1.807, 2.05) is 46.8 Å². The lowest BCUT2D eigenvalue weighted by Gasteiger charge is -2.40. The first kappa shape index (κ1) is 26.2. The molecule has 7 nitrogen and oxygen atoms in total. The number of fused-ring (bicyclic) bond motifs is 2. The molecular weight excluding hydrogens is 452 g/mol. The Balaban J connectivity index is 1.67. The maximum absolute atomic E-state index is 13.9. The first-order valence-corrected chi connectivity index (χ1v) is 14.0. The van der Waals surface area contributed by atoms with Gasteiger partial charge in [0.25, 0.3) is 11.8 Å². The highest BCUT2D eigenvalue weighted by atomic mass is 16.5. The molecule has 1 aliphatic carbocycles. The number of rotatable bonds is 4. The van der Waals surface area contributed by atoms with Gasteiger partial charge in [-0.1, -0.05) is 44.7 Å². The third kappa shape index (κ3) is 6.11. The summed E-state index contributed by atoms with van der Waals surface area (Å²) < 4.78 is 8.49. The lowest BCUT2D eigenvalue weighted by Crippen LogP contribution is -2.51. The number of aromatic nitrogens is 2. The van der Waals surface area contributed by atoms with Crippen molar-refractivity contribution in [2.75, 3.05) is 19.6 Å². The van der Waals surface area contributed by atoms with Crippen LogP contribution < -0.4 is 4.74 Å². The van der Waals surface area contributed by atoms with Gasteiger partial charge in [-0.15, -0.1) is 0 Å². The minimum atomic E-state index is -0.139. The first-order valence-electron chi connectivity index (χ1n) is 14.0. The van der Waals surface area contributed by atoms with E-state index in [9.17, 15) is 9.59 Å². The van der Waals surface area contributed by atoms with Crippen molar-refractivity contribution in [1.29, 1.82) is 0 Å². The van der Waals surface area contributed by atoms with Gasteiger partial charge in [0.05, 0.1) is 11.6 Å². The van der Waals surface area contributed by atoms with Crippen LogP contribution >= 0.6 is 0 Å². The minimum Gasteiger partial charge on any atom is -0.487 e. The van der Waals surface area contributed by atoms with E-state index in [1.165, 1.54) is 0 Å². The van der Waals surface area contributed by atoms with E-state index in [0.29, 0.717) is 23.6 Å². The highest BCUT2D eigenvalue weighted by Crippen LogP contribution is 2.31. The van der Waals surface area contributed by atoms with Gasteiger partial charge in [0.15, 0.2) is 0 Å².